The Morgan fingerprint density at radius 3 is 2.20 bits per heavy atom. The molecule has 0 saturated heterocycles. The number of rotatable bonds is 5. The van der Waals surface area contributed by atoms with E-state index in [9.17, 15) is 8.42 Å². The maximum atomic E-state index is 11.5. The second-order valence-corrected chi connectivity index (χ2v) is 5.72. The van der Waals surface area contributed by atoms with E-state index in [0.29, 0.717) is 13.1 Å². The summed E-state index contributed by atoms with van der Waals surface area (Å²) in [5.74, 6) is 0. The lowest BCUT2D eigenvalue weighted by Crippen LogP contribution is -2.56. The number of nitrogens with zero attached hydrogens (tertiary/aromatic N) is 1. The molecule has 0 aliphatic heterocycles. The lowest BCUT2D eigenvalue weighted by atomic mass is 9.98. The fourth-order valence-electron chi connectivity index (χ4n) is 2.43. The first-order chi connectivity index (χ1) is 6.96. The number of nitrogens with two attached hydrogens (primary N) is 2. The highest BCUT2D eigenvalue weighted by Gasteiger charge is 2.42. The van der Waals surface area contributed by atoms with Crippen LogP contribution < -0.4 is 10.9 Å². The second kappa shape index (κ2) is 4.78. The summed E-state index contributed by atoms with van der Waals surface area (Å²) >= 11 is 0. The molecule has 1 aliphatic carbocycles. The third-order valence-electron chi connectivity index (χ3n) is 3.18. The van der Waals surface area contributed by atoms with Crippen LogP contribution in [0.1, 0.15) is 39.0 Å². The minimum atomic E-state index is -3.63. The average molecular weight is 235 g/mol. The summed E-state index contributed by atoms with van der Waals surface area (Å²) in [6.07, 6.45) is 4.50. The van der Waals surface area contributed by atoms with Crippen molar-refractivity contribution in [3.8, 4) is 0 Å². The zero-order valence-electron chi connectivity index (χ0n) is 9.28. The summed E-state index contributed by atoms with van der Waals surface area (Å²) in [5, 5.41) is 5.25. The van der Waals surface area contributed by atoms with Crippen LogP contribution in [0.3, 0.4) is 0 Å². The van der Waals surface area contributed by atoms with Crippen LogP contribution in [0.2, 0.25) is 0 Å². The van der Waals surface area contributed by atoms with Gasteiger partial charge in [-0.1, -0.05) is 19.8 Å². The molecule has 15 heavy (non-hydrogen) atoms. The van der Waals surface area contributed by atoms with Gasteiger partial charge in [0.05, 0.1) is 0 Å². The van der Waals surface area contributed by atoms with Gasteiger partial charge in [-0.15, -0.1) is 0 Å². The van der Waals surface area contributed by atoms with Crippen LogP contribution in [0.25, 0.3) is 0 Å². The molecule has 1 fully saturated rings. The Morgan fingerprint density at radius 1 is 1.33 bits per heavy atom. The summed E-state index contributed by atoms with van der Waals surface area (Å²) in [5.41, 5.74) is 5.32. The quantitative estimate of drug-likeness (QED) is 0.712. The SMILES string of the molecule is CCCN(C1(CN)CCCC1)S(N)(=O)=O. The summed E-state index contributed by atoms with van der Waals surface area (Å²) in [7, 11) is -3.63. The first kappa shape index (κ1) is 12.9. The van der Waals surface area contributed by atoms with Crippen molar-refractivity contribution in [2.24, 2.45) is 10.9 Å². The van der Waals surface area contributed by atoms with Crippen molar-refractivity contribution in [2.75, 3.05) is 13.1 Å². The van der Waals surface area contributed by atoms with Crippen molar-refractivity contribution < 1.29 is 8.42 Å². The van der Waals surface area contributed by atoms with Gasteiger partial charge in [-0.05, 0) is 19.3 Å². The molecule has 0 unspecified atom stereocenters. The summed E-state index contributed by atoms with van der Waals surface area (Å²) in [6.45, 7) is 2.77. The first-order valence-electron chi connectivity index (χ1n) is 5.47. The molecule has 4 N–H and O–H groups in total. The molecule has 1 aliphatic rings. The van der Waals surface area contributed by atoms with Crippen LogP contribution in [-0.2, 0) is 10.2 Å². The summed E-state index contributed by atoms with van der Waals surface area (Å²) < 4.78 is 24.5. The predicted octanol–water partition coefficient (Wildman–Crippen LogP) is 0.173. The second-order valence-electron chi connectivity index (χ2n) is 4.25. The van der Waals surface area contributed by atoms with Gasteiger partial charge in [-0.3, -0.25) is 0 Å². The maximum absolute atomic E-state index is 11.5. The molecule has 1 rings (SSSR count). The normalized spacial score (nSPS) is 21.1. The van der Waals surface area contributed by atoms with Gasteiger partial charge in [0.1, 0.15) is 0 Å². The largest absolute Gasteiger partial charge is 0.329 e. The molecule has 1 saturated carbocycles. The minimum Gasteiger partial charge on any atom is -0.329 e. The summed E-state index contributed by atoms with van der Waals surface area (Å²) in [4.78, 5) is 0. The molecule has 0 atom stereocenters. The molecule has 0 amide bonds. The van der Waals surface area contributed by atoms with Crippen LogP contribution in [0, 0.1) is 0 Å². The van der Waals surface area contributed by atoms with Gasteiger partial charge >= 0.3 is 0 Å². The highest BCUT2D eigenvalue weighted by atomic mass is 32.2. The van der Waals surface area contributed by atoms with E-state index >= 15 is 0 Å². The van der Waals surface area contributed by atoms with Crippen molar-refractivity contribution in [2.45, 2.75) is 44.6 Å². The van der Waals surface area contributed by atoms with Gasteiger partial charge in [0, 0.05) is 18.6 Å². The van der Waals surface area contributed by atoms with E-state index in [1.54, 1.807) is 0 Å². The first-order valence-corrected chi connectivity index (χ1v) is 6.97. The number of hydrogen-bond donors (Lipinski definition) is 2. The highest BCUT2D eigenvalue weighted by molar-refractivity contribution is 7.86. The molecular formula is C9H21N3O2S. The molecule has 0 spiro atoms. The van der Waals surface area contributed by atoms with Gasteiger partial charge in [-0.2, -0.15) is 12.7 Å². The molecule has 6 heteroatoms. The Hall–Kier alpha value is -0.170. The topological polar surface area (TPSA) is 89.4 Å². The van der Waals surface area contributed by atoms with E-state index in [0.717, 1.165) is 32.1 Å². The Morgan fingerprint density at radius 2 is 1.87 bits per heavy atom. The van der Waals surface area contributed by atoms with E-state index in [2.05, 4.69) is 0 Å². The Bertz CT molecular complexity index is 296. The molecule has 0 aromatic carbocycles. The van der Waals surface area contributed by atoms with Crippen molar-refractivity contribution in [3.63, 3.8) is 0 Å². The Balaban J connectivity index is 2.95. The van der Waals surface area contributed by atoms with E-state index < -0.39 is 15.7 Å². The molecule has 0 heterocycles. The fraction of sp³-hybridized carbons (Fsp3) is 1.00. The van der Waals surface area contributed by atoms with Crippen LogP contribution in [0.5, 0.6) is 0 Å². The van der Waals surface area contributed by atoms with Gasteiger partial charge in [0.25, 0.3) is 10.2 Å². The van der Waals surface area contributed by atoms with Crippen LogP contribution in [0.4, 0.5) is 0 Å². The van der Waals surface area contributed by atoms with Gasteiger partial charge in [0.15, 0.2) is 0 Å². The summed E-state index contributed by atoms with van der Waals surface area (Å²) in [6, 6.07) is 0. The molecule has 0 bridgehead atoms. The van der Waals surface area contributed by atoms with Crippen molar-refractivity contribution in [1.29, 1.82) is 0 Å². The predicted molar refractivity (Wildman–Crippen MR) is 60.4 cm³/mol. The van der Waals surface area contributed by atoms with Crippen molar-refractivity contribution in [1.82, 2.24) is 4.31 Å². The van der Waals surface area contributed by atoms with Crippen LogP contribution in [0.15, 0.2) is 0 Å². The molecular weight excluding hydrogens is 214 g/mol. The molecule has 0 aromatic heterocycles. The highest BCUT2D eigenvalue weighted by Crippen LogP contribution is 2.35. The molecule has 0 aromatic rings. The van der Waals surface area contributed by atoms with Gasteiger partial charge < -0.3 is 5.73 Å². The zero-order valence-corrected chi connectivity index (χ0v) is 10.1. The molecule has 5 nitrogen and oxygen atoms in total. The van der Waals surface area contributed by atoms with Crippen molar-refractivity contribution >= 4 is 10.2 Å². The van der Waals surface area contributed by atoms with E-state index in [1.807, 2.05) is 6.92 Å². The van der Waals surface area contributed by atoms with E-state index in [4.69, 9.17) is 10.9 Å². The zero-order chi connectivity index (χ0) is 11.5. The smallest absolute Gasteiger partial charge is 0.277 e. The van der Waals surface area contributed by atoms with Crippen molar-refractivity contribution in [3.05, 3.63) is 0 Å². The minimum absolute atomic E-state index is 0.365. The van der Waals surface area contributed by atoms with Crippen LogP contribution in [-0.4, -0.2) is 31.4 Å². The molecule has 90 valence electrons. The Labute approximate surface area is 92.0 Å². The Kier molecular flexibility index (Phi) is 4.11. The maximum Gasteiger partial charge on any atom is 0.277 e. The van der Waals surface area contributed by atoms with Crippen LogP contribution >= 0.6 is 0 Å². The van der Waals surface area contributed by atoms with E-state index in [1.165, 1.54) is 4.31 Å². The third kappa shape index (κ3) is 2.69. The average Bonchev–Trinajstić information content (AvgIpc) is 2.61. The van der Waals surface area contributed by atoms with Gasteiger partial charge in [-0.25, -0.2) is 5.14 Å². The monoisotopic (exact) mass is 235 g/mol. The molecule has 0 radical (unpaired) electrons. The van der Waals surface area contributed by atoms with E-state index in [-0.39, 0.29) is 0 Å². The third-order valence-corrected chi connectivity index (χ3v) is 4.36. The standard InChI is InChI=1S/C9H21N3O2S/c1-2-7-12(15(11,13)14)9(8-10)5-3-4-6-9/h2-8,10H2,1H3,(H2,11,13,14). The fourth-order valence-corrected chi connectivity index (χ4v) is 3.66. The lowest BCUT2D eigenvalue weighted by molar-refractivity contribution is 0.197. The number of hydrogen-bond acceptors (Lipinski definition) is 3. The lowest BCUT2D eigenvalue weighted by Gasteiger charge is -2.38. The van der Waals surface area contributed by atoms with Gasteiger partial charge in [0.2, 0.25) is 0 Å².